The molecule has 0 amide bonds. The van der Waals surface area contributed by atoms with Gasteiger partial charge in [-0.1, -0.05) is 61.0 Å². The molecule has 5 heteroatoms. The van der Waals surface area contributed by atoms with Crippen LogP contribution in [-0.4, -0.2) is 35.0 Å². The summed E-state index contributed by atoms with van der Waals surface area (Å²) in [6.45, 7) is 17.9. The number of rotatable bonds is 4. The second-order valence-electron chi connectivity index (χ2n) is 15.7. The molecule has 0 spiro atoms. The van der Waals surface area contributed by atoms with Gasteiger partial charge in [0.2, 0.25) is 5.60 Å². The Hall–Kier alpha value is -1.51. The molecular weight excluding hydrogens is 462 g/mol. The van der Waals surface area contributed by atoms with Crippen LogP contribution in [0.2, 0.25) is 0 Å². The second kappa shape index (κ2) is 7.79. The van der Waals surface area contributed by atoms with Crippen molar-refractivity contribution in [2.75, 3.05) is 6.61 Å². The monoisotopic (exact) mass is 509 g/mol. The number of aliphatic hydroxyl groups excluding tert-OH is 1. The summed E-state index contributed by atoms with van der Waals surface area (Å²) in [6, 6.07) is 2.24. The number of aliphatic hydroxyl groups is 1. The fourth-order valence-corrected chi connectivity index (χ4v) is 10.0. The lowest BCUT2D eigenvalue weighted by Gasteiger charge is -2.63. The summed E-state index contributed by atoms with van der Waals surface area (Å²) in [7, 11) is 0. The van der Waals surface area contributed by atoms with Gasteiger partial charge in [0.15, 0.2) is 11.6 Å². The van der Waals surface area contributed by atoms with E-state index < -0.39 is 22.5 Å². The molecule has 0 aromatic heterocycles. The number of hydrogen-bond donors (Lipinski definition) is 1. The van der Waals surface area contributed by atoms with Gasteiger partial charge in [0, 0.05) is 23.9 Å². The minimum Gasteiger partial charge on any atom is -0.396 e. The zero-order chi connectivity index (χ0) is 27.4. The van der Waals surface area contributed by atoms with Crippen LogP contribution in [-0.2, 0) is 14.3 Å². The smallest absolute Gasteiger partial charge is 0.240 e. The fourth-order valence-electron chi connectivity index (χ4n) is 10.0. The zero-order valence-electron chi connectivity index (χ0n) is 24.3. The van der Waals surface area contributed by atoms with Crippen LogP contribution in [0.25, 0.3) is 0 Å². The molecule has 1 saturated heterocycles. The van der Waals surface area contributed by atoms with Crippen LogP contribution in [0.4, 0.5) is 0 Å². The number of carbonyl (C=O) groups excluding carboxylic acids is 2. The minimum absolute atomic E-state index is 0.0281. The number of ether oxygens (including phenoxy) is 1. The number of carbonyl (C=O) groups is 2. The molecule has 5 nitrogen and oxygen atoms in total. The van der Waals surface area contributed by atoms with E-state index in [1.54, 1.807) is 0 Å². The van der Waals surface area contributed by atoms with E-state index >= 15 is 0 Å². The number of hydrogen-bond acceptors (Lipinski definition) is 5. The van der Waals surface area contributed by atoms with Crippen LogP contribution < -0.4 is 0 Å². The molecule has 0 radical (unpaired) electrons. The number of Topliss-reactive ketones (excluding diaryl/α,β-unsaturated/α-hetero) is 1. The van der Waals surface area contributed by atoms with E-state index in [2.05, 4.69) is 47.6 Å². The lowest BCUT2D eigenvalue weighted by atomic mass is 9.38. The summed E-state index contributed by atoms with van der Waals surface area (Å²) < 4.78 is 6.06. The summed E-state index contributed by atoms with van der Waals surface area (Å²) in [5.41, 5.74) is -1.79. The number of epoxide rings is 1. The third-order valence-electron chi connectivity index (χ3n) is 12.8. The van der Waals surface area contributed by atoms with E-state index in [4.69, 9.17) is 4.74 Å². The first-order valence-electron chi connectivity index (χ1n) is 14.5. The Labute approximate surface area is 223 Å². The Balaban J connectivity index is 1.51. The molecule has 4 aliphatic carbocycles. The highest BCUT2D eigenvalue weighted by molar-refractivity contribution is 6.00. The van der Waals surface area contributed by atoms with Gasteiger partial charge in [-0.3, -0.25) is 9.59 Å². The average Bonchev–Trinajstić information content (AvgIpc) is 3.56. The summed E-state index contributed by atoms with van der Waals surface area (Å²) >= 11 is 0. The maximum atomic E-state index is 13.4. The molecule has 204 valence electrons. The van der Waals surface area contributed by atoms with Crippen LogP contribution in [0, 0.1) is 55.7 Å². The highest BCUT2D eigenvalue weighted by Crippen LogP contribution is 2.74. The van der Waals surface area contributed by atoms with Crippen molar-refractivity contribution in [3.05, 3.63) is 11.6 Å². The van der Waals surface area contributed by atoms with Crippen LogP contribution >= 0.6 is 0 Å². The Bertz CT molecular complexity index is 1110. The van der Waals surface area contributed by atoms with Gasteiger partial charge < -0.3 is 9.84 Å². The van der Waals surface area contributed by atoms with Gasteiger partial charge in [-0.25, -0.2) is 0 Å². The highest BCUT2D eigenvalue weighted by Gasteiger charge is 2.81. The van der Waals surface area contributed by atoms with E-state index in [1.165, 1.54) is 0 Å². The second-order valence-corrected chi connectivity index (χ2v) is 15.7. The molecule has 8 atom stereocenters. The summed E-state index contributed by atoms with van der Waals surface area (Å²) in [6.07, 6.45) is 8.75. The molecule has 0 aromatic carbocycles. The molecule has 1 heterocycles. The zero-order valence-corrected chi connectivity index (χ0v) is 24.3. The topological polar surface area (TPSA) is 90.7 Å². The SMILES string of the molecule is CC1CC(C)(C)CC[C@]1(CO)CC[C@]1(C)CC(=O)C=C2[C@@]3(C)[C@H]4O[C@@]4(C#N)C(=O)C(C)(C)[C@@H]3CC[C@]21C. The van der Waals surface area contributed by atoms with E-state index in [1.807, 2.05) is 19.9 Å². The summed E-state index contributed by atoms with van der Waals surface area (Å²) in [5, 5.41) is 20.7. The van der Waals surface area contributed by atoms with Crippen molar-refractivity contribution in [2.24, 2.45) is 44.3 Å². The predicted molar refractivity (Wildman–Crippen MR) is 142 cm³/mol. The number of ketones is 2. The molecule has 0 aromatic rings. The molecule has 0 bridgehead atoms. The van der Waals surface area contributed by atoms with E-state index in [9.17, 15) is 20.0 Å². The Morgan fingerprint density at radius 2 is 1.73 bits per heavy atom. The van der Waals surface area contributed by atoms with Gasteiger partial charge in [-0.05, 0) is 84.5 Å². The Morgan fingerprint density at radius 3 is 2.32 bits per heavy atom. The van der Waals surface area contributed by atoms with Gasteiger partial charge in [0.25, 0.3) is 0 Å². The van der Waals surface area contributed by atoms with Crippen LogP contribution in [0.1, 0.15) is 107 Å². The van der Waals surface area contributed by atoms with Crippen molar-refractivity contribution in [1.29, 1.82) is 5.26 Å². The first-order chi connectivity index (χ1) is 17.0. The van der Waals surface area contributed by atoms with Crippen molar-refractivity contribution >= 4 is 11.6 Å². The quantitative estimate of drug-likeness (QED) is 0.456. The van der Waals surface area contributed by atoms with E-state index in [0.717, 1.165) is 50.5 Å². The normalized spacial score (nSPS) is 49.7. The Kier molecular flexibility index (Phi) is 5.70. The Morgan fingerprint density at radius 1 is 1.05 bits per heavy atom. The lowest BCUT2D eigenvalue weighted by molar-refractivity contribution is -0.144. The maximum Gasteiger partial charge on any atom is 0.240 e. The van der Waals surface area contributed by atoms with Crippen LogP contribution in [0.15, 0.2) is 11.6 Å². The molecule has 1 aliphatic heterocycles. The molecule has 3 saturated carbocycles. The van der Waals surface area contributed by atoms with Gasteiger partial charge in [0.05, 0.1) is 0 Å². The number of nitriles is 1. The minimum atomic E-state index is -1.38. The van der Waals surface area contributed by atoms with Crippen LogP contribution in [0.5, 0.6) is 0 Å². The van der Waals surface area contributed by atoms with Crippen molar-refractivity contribution in [1.82, 2.24) is 0 Å². The summed E-state index contributed by atoms with van der Waals surface area (Å²) in [4.78, 5) is 26.9. The van der Waals surface area contributed by atoms with Crippen molar-refractivity contribution in [3.8, 4) is 6.07 Å². The summed E-state index contributed by atoms with van der Waals surface area (Å²) in [5.74, 6) is 0.510. The number of fused-ring (bicyclic) bond motifs is 5. The average molecular weight is 510 g/mol. The highest BCUT2D eigenvalue weighted by atomic mass is 16.6. The molecule has 37 heavy (non-hydrogen) atoms. The van der Waals surface area contributed by atoms with Gasteiger partial charge in [0.1, 0.15) is 12.2 Å². The van der Waals surface area contributed by atoms with Crippen molar-refractivity contribution in [3.63, 3.8) is 0 Å². The molecular formula is C32H47NO4. The first-order valence-corrected chi connectivity index (χ1v) is 14.5. The largest absolute Gasteiger partial charge is 0.396 e. The van der Waals surface area contributed by atoms with Crippen molar-refractivity contribution < 1.29 is 19.4 Å². The molecule has 5 rings (SSSR count). The maximum absolute atomic E-state index is 13.4. The lowest BCUT2D eigenvalue weighted by Crippen LogP contribution is -2.63. The third kappa shape index (κ3) is 3.33. The van der Waals surface area contributed by atoms with Gasteiger partial charge >= 0.3 is 0 Å². The van der Waals surface area contributed by atoms with E-state index in [-0.39, 0.29) is 40.3 Å². The number of allylic oxidation sites excluding steroid dienone is 1. The molecule has 5 aliphatic rings. The molecule has 1 N–H and O–H groups in total. The fraction of sp³-hybridized carbons (Fsp3) is 0.844. The van der Waals surface area contributed by atoms with Gasteiger partial charge in [-0.15, -0.1) is 0 Å². The third-order valence-corrected chi connectivity index (χ3v) is 12.8. The molecule has 1 unspecified atom stereocenters. The first kappa shape index (κ1) is 27.1. The van der Waals surface area contributed by atoms with Gasteiger partial charge in [-0.2, -0.15) is 5.26 Å². The molecule has 4 fully saturated rings. The number of nitrogens with zero attached hydrogens (tertiary/aromatic N) is 1. The van der Waals surface area contributed by atoms with E-state index in [0.29, 0.717) is 17.8 Å². The van der Waals surface area contributed by atoms with Crippen molar-refractivity contribution in [2.45, 2.75) is 118 Å². The van der Waals surface area contributed by atoms with Crippen LogP contribution in [0.3, 0.4) is 0 Å². The predicted octanol–water partition coefficient (Wildman–Crippen LogP) is 6.19. The standard InChI is InChI=1S/C32H47NO4/c1-20-16-26(2,3)11-13-31(20,19-34)14-12-28(6)17-21(35)15-23-29(28,7)10-9-22-27(4,5)24(36)32(18-33)25(37-32)30(22,23)8/h15,20,22,25,34H,9-14,16-17,19H2,1-8H3/t20?,22-,25+,28+,29+,30-,31+,32-/m0/s1.